The highest BCUT2D eigenvalue weighted by atomic mass is 32.1. The third kappa shape index (κ3) is 1.90. The predicted molar refractivity (Wildman–Crippen MR) is 59.2 cm³/mol. The predicted octanol–water partition coefficient (Wildman–Crippen LogP) is 2.96. The second kappa shape index (κ2) is 3.48. The zero-order valence-electron chi connectivity index (χ0n) is 7.95. The number of rotatable bonds is 2. The monoisotopic (exact) mass is 191 g/mol. The lowest BCUT2D eigenvalue weighted by Gasteiger charge is -2.05. The van der Waals surface area contributed by atoms with Crippen molar-refractivity contribution in [2.24, 2.45) is 0 Å². The summed E-state index contributed by atoms with van der Waals surface area (Å²) < 4.78 is 1.39. The molecular weight excluding hydrogens is 178 g/mol. The Morgan fingerprint density at radius 1 is 1.23 bits per heavy atom. The van der Waals surface area contributed by atoms with Gasteiger partial charge in [-0.3, -0.25) is 0 Å². The molecule has 0 amide bonds. The molecule has 0 bridgehead atoms. The summed E-state index contributed by atoms with van der Waals surface area (Å²) >= 11 is 1.88. The van der Waals surface area contributed by atoms with E-state index < -0.39 is 0 Å². The van der Waals surface area contributed by atoms with Crippen molar-refractivity contribution in [3.05, 3.63) is 35.2 Å². The zero-order chi connectivity index (χ0) is 9.26. The molecule has 0 aliphatic heterocycles. The van der Waals surface area contributed by atoms with Crippen LogP contribution in [0.4, 0.5) is 0 Å². The van der Waals surface area contributed by atoms with Crippen LogP contribution in [0.15, 0.2) is 30.3 Å². The Hall–Kier alpha value is -0.860. The molecular formula is C11H13NS. The van der Waals surface area contributed by atoms with Crippen LogP contribution in [-0.4, -0.2) is 19.0 Å². The zero-order valence-corrected chi connectivity index (χ0v) is 8.77. The first-order valence-corrected chi connectivity index (χ1v) is 5.19. The van der Waals surface area contributed by atoms with Crippen LogP contribution in [0.2, 0.25) is 0 Å². The fraction of sp³-hybridized carbons (Fsp3) is 0.273. The molecule has 0 saturated heterocycles. The maximum atomic E-state index is 2.28. The second-order valence-electron chi connectivity index (χ2n) is 3.49. The van der Waals surface area contributed by atoms with Gasteiger partial charge < -0.3 is 4.90 Å². The number of hydrogen-bond acceptors (Lipinski definition) is 2. The van der Waals surface area contributed by atoms with Crippen molar-refractivity contribution >= 4 is 21.4 Å². The van der Waals surface area contributed by atoms with Crippen LogP contribution < -0.4 is 0 Å². The molecule has 13 heavy (non-hydrogen) atoms. The van der Waals surface area contributed by atoms with Crippen LogP contribution in [-0.2, 0) is 6.54 Å². The van der Waals surface area contributed by atoms with E-state index in [0.29, 0.717) is 0 Å². The third-order valence-electron chi connectivity index (χ3n) is 1.95. The minimum atomic E-state index is 1.04. The smallest absolute Gasteiger partial charge is 0.0346 e. The average molecular weight is 191 g/mol. The maximum absolute atomic E-state index is 2.28. The van der Waals surface area contributed by atoms with E-state index in [1.54, 1.807) is 0 Å². The summed E-state index contributed by atoms with van der Waals surface area (Å²) in [7, 11) is 4.20. The summed E-state index contributed by atoms with van der Waals surface area (Å²) in [6.07, 6.45) is 0. The van der Waals surface area contributed by atoms with Gasteiger partial charge in [-0.05, 0) is 31.6 Å². The summed E-state index contributed by atoms with van der Waals surface area (Å²) in [5, 5.41) is 1.37. The average Bonchev–Trinajstić information content (AvgIpc) is 2.44. The molecule has 0 atom stereocenters. The van der Waals surface area contributed by atoms with Crippen molar-refractivity contribution in [3.8, 4) is 0 Å². The van der Waals surface area contributed by atoms with Crippen molar-refractivity contribution < 1.29 is 0 Å². The molecule has 68 valence electrons. The molecule has 2 aromatic rings. The molecule has 0 radical (unpaired) electrons. The van der Waals surface area contributed by atoms with Gasteiger partial charge in [0.2, 0.25) is 0 Å². The largest absolute Gasteiger partial charge is 0.304 e. The molecule has 1 aromatic carbocycles. The van der Waals surface area contributed by atoms with Crippen molar-refractivity contribution in [2.45, 2.75) is 6.54 Å². The van der Waals surface area contributed by atoms with Crippen molar-refractivity contribution in [1.29, 1.82) is 0 Å². The number of hydrogen-bond donors (Lipinski definition) is 0. The highest BCUT2D eigenvalue weighted by Crippen LogP contribution is 2.25. The Balaban J connectivity index is 2.38. The Bertz CT molecular complexity index is 370. The van der Waals surface area contributed by atoms with E-state index in [4.69, 9.17) is 0 Å². The molecule has 0 spiro atoms. The van der Waals surface area contributed by atoms with Crippen molar-refractivity contribution in [2.75, 3.05) is 14.1 Å². The minimum absolute atomic E-state index is 1.04. The van der Waals surface area contributed by atoms with Crippen molar-refractivity contribution in [1.82, 2.24) is 4.90 Å². The van der Waals surface area contributed by atoms with Gasteiger partial charge >= 0.3 is 0 Å². The fourth-order valence-corrected chi connectivity index (χ4v) is 2.61. The van der Waals surface area contributed by atoms with Gasteiger partial charge in [0.15, 0.2) is 0 Å². The van der Waals surface area contributed by atoms with Crippen LogP contribution >= 0.6 is 11.3 Å². The molecule has 0 unspecified atom stereocenters. The van der Waals surface area contributed by atoms with E-state index in [2.05, 4.69) is 49.3 Å². The van der Waals surface area contributed by atoms with Gasteiger partial charge in [-0.1, -0.05) is 18.2 Å². The lowest BCUT2D eigenvalue weighted by atomic mass is 10.2. The summed E-state index contributed by atoms with van der Waals surface area (Å²) in [5.74, 6) is 0. The van der Waals surface area contributed by atoms with Gasteiger partial charge in [0.1, 0.15) is 0 Å². The van der Waals surface area contributed by atoms with E-state index in [1.807, 2.05) is 11.3 Å². The van der Waals surface area contributed by atoms with Crippen LogP contribution in [0.1, 0.15) is 4.88 Å². The fourth-order valence-electron chi connectivity index (χ4n) is 1.43. The molecule has 0 fully saturated rings. The Morgan fingerprint density at radius 3 is 2.69 bits per heavy atom. The minimum Gasteiger partial charge on any atom is -0.304 e. The summed E-state index contributed by atoms with van der Waals surface area (Å²) in [6, 6.07) is 10.8. The quantitative estimate of drug-likeness (QED) is 0.705. The van der Waals surface area contributed by atoms with Gasteiger partial charge in [0.05, 0.1) is 0 Å². The number of nitrogens with zero attached hydrogens (tertiary/aromatic N) is 1. The molecule has 2 rings (SSSR count). The van der Waals surface area contributed by atoms with Crippen LogP contribution in [0.3, 0.4) is 0 Å². The Labute approximate surface area is 82.6 Å². The van der Waals surface area contributed by atoms with E-state index in [9.17, 15) is 0 Å². The highest BCUT2D eigenvalue weighted by Gasteiger charge is 2.00. The van der Waals surface area contributed by atoms with Crippen LogP contribution in [0, 0.1) is 0 Å². The second-order valence-corrected chi connectivity index (χ2v) is 4.66. The molecule has 0 aliphatic carbocycles. The number of thiophene rings is 1. The summed E-state index contributed by atoms with van der Waals surface area (Å²) in [6.45, 7) is 1.04. The van der Waals surface area contributed by atoms with Gasteiger partial charge in [0, 0.05) is 16.1 Å². The maximum Gasteiger partial charge on any atom is 0.0346 e. The van der Waals surface area contributed by atoms with Crippen molar-refractivity contribution in [3.63, 3.8) is 0 Å². The molecule has 1 aromatic heterocycles. The van der Waals surface area contributed by atoms with E-state index >= 15 is 0 Å². The van der Waals surface area contributed by atoms with E-state index in [0.717, 1.165) is 6.54 Å². The number of fused-ring (bicyclic) bond motifs is 1. The molecule has 0 saturated carbocycles. The van der Waals surface area contributed by atoms with Crippen LogP contribution in [0.5, 0.6) is 0 Å². The van der Waals surface area contributed by atoms with E-state index in [-0.39, 0.29) is 0 Å². The van der Waals surface area contributed by atoms with Gasteiger partial charge in [-0.2, -0.15) is 0 Å². The Kier molecular flexibility index (Phi) is 2.34. The third-order valence-corrected chi connectivity index (χ3v) is 3.05. The normalized spacial score (nSPS) is 11.3. The lowest BCUT2D eigenvalue weighted by Crippen LogP contribution is -2.09. The lowest BCUT2D eigenvalue weighted by molar-refractivity contribution is 0.406. The first-order chi connectivity index (χ1) is 6.25. The van der Waals surface area contributed by atoms with E-state index in [1.165, 1.54) is 15.0 Å². The van der Waals surface area contributed by atoms with Gasteiger partial charge in [-0.25, -0.2) is 0 Å². The Morgan fingerprint density at radius 2 is 2.00 bits per heavy atom. The SMILES string of the molecule is CN(C)Cc1cc2ccccc2s1. The first-order valence-electron chi connectivity index (χ1n) is 4.38. The van der Waals surface area contributed by atoms with Crippen LogP contribution in [0.25, 0.3) is 10.1 Å². The molecule has 1 nitrogen and oxygen atoms in total. The standard InChI is InChI=1S/C11H13NS/c1-12(2)8-10-7-9-5-3-4-6-11(9)13-10/h3-7H,8H2,1-2H3. The summed E-state index contributed by atoms with van der Waals surface area (Å²) in [4.78, 5) is 3.64. The first kappa shape index (κ1) is 8.73. The van der Waals surface area contributed by atoms with Gasteiger partial charge in [-0.15, -0.1) is 11.3 Å². The highest BCUT2D eigenvalue weighted by molar-refractivity contribution is 7.19. The number of benzene rings is 1. The topological polar surface area (TPSA) is 3.24 Å². The van der Waals surface area contributed by atoms with Gasteiger partial charge in [0.25, 0.3) is 0 Å². The molecule has 2 heteroatoms. The molecule has 0 aliphatic rings. The summed E-state index contributed by atoms with van der Waals surface area (Å²) in [5.41, 5.74) is 0. The molecule has 1 heterocycles. The molecule has 0 N–H and O–H groups in total.